The quantitative estimate of drug-likeness (QED) is 0.163. The van der Waals surface area contributed by atoms with Crippen LogP contribution in [0.15, 0.2) is 205 Å². The Labute approximate surface area is 343 Å². The fourth-order valence-corrected chi connectivity index (χ4v) is 10.1. The topological polar surface area (TPSA) is 16.4 Å². The summed E-state index contributed by atoms with van der Waals surface area (Å²) in [7, 11) is 0. The molecule has 1 aliphatic rings. The number of benzene rings is 10. The second-order valence-corrected chi connectivity index (χ2v) is 16.4. The third-order valence-corrected chi connectivity index (χ3v) is 12.8. The summed E-state index contributed by atoms with van der Waals surface area (Å²) in [5.74, 6) is 0. The van der Waals surface area contributed by atoms with E-state index in [1.807, 2.05) is 0 Å². The molecule has 2 nitrogen and oxygen atoms in total. The third kappa shape index (κ3) is 5.06. The minimum Gasteiger partial charge on any atom is -0.456 e. The third-order valence-electron chi connectivity index (χ3n) is 12.8. The molecule has 0 radical (unpaired) electrons. The maximum absolute atomic E-state index is 6.63. The molecule has 0 amide bonds. The van der Waals surface area contributed by atoms with Crippen LogP contribution in [0.4, 0.5) is 17.1 Å². The molecule has 10 aromatic carbocycles. The lowest BCUT2D eigenvalue weighted by Gasteiger charge is -2.30. The van der Waals surface area contributed by atoms with Crippen molar-refractivity contribution in [1.82, 2.24) is 0 Å². The summed E-state index contributed by atoms with van der Waals surface area (Å²) in [6.07, 6.45) is 0. The van der Waals surface area contributed by atoms with Gasteiger partial charge >= 0.3 is 0 Å². The van der Waals surface area contributed by atoms with Crippen molar-refractivity contribution in [2.24, 2.45) is 0 Å². The molecule has 0 N–H and O–H groups in total. The van der Waals surface area contributed by atoms with E-state index >= 15 is 0 Å². The Kier molecular flexibility index (Phi) is 7.31. The number of hydrogen-bond donors (Lipinski definition) is 0. The zero-order valence-corrected chi connectivity index (χ0v) is 32.9. The van der Waals surface area contributed by atoms with Gasteiger partial charge in [-0.1, -0.05) is 166 Å². The van der Waals surface area contributed by atoms with Gasteiger partial charge in [-0.3, -0.25) is 0 Å². The minimum atomic E-state index is -0.164. The molecule has 1 heterocycles. The first-order valence-corrected chi connectivity index (χ1v) is 20.5. The van der Waals surface area contributed by atoms with E-state index in [0.29, 0.717) is 0 Å². The van der Waals surface area contributed by atoms with Gasteiger partial charge < -0.3 is 9.32 Å². The number of nitrogens with zero attached hydrogens (tertiary/aromatic N) is 1. The van der Waals surface area contributed by atoms with E-state index in [0.717, 1.165) is 44.6 Å². The van der Waals surface area contributed by atoms with Crippen LogP contribution in [0.3, 0.4) is 0 Å². The first kappa shape index (κ1) is 33.7. The summed E-state index contributed by atoms with van der Waals surface area (Å²) < 4.78 is 6.63. The molecule has 0 fully saturated rings. The van der Waals surface area contributed by atoms with Gasteiger partial charge in [-0.2, -0.15) is 0 Å². The molecule has 0 bridgehead atoms. The van der Waals surface area contributed by atoms with E-state index in [-0.39, 0.29) is 5.41 Å². The normalized spacial score (nSPS) is 13.1. The van der Waals surface area contributed by atoms with Crippen molar-refractivity contribution >= 4 is 71.3 Å². The summed E-state index contributed by atoms with van der Waals surface area (Å²) >= 11 is 0. The van der Waals surface area contributed by atoms with Gasteiger partial charge in [-0.15, -0.1) is 0 Å². The number of anilines is 3. The average Bonchev–Trinajstić information content (AvgIpc) is 3.78. The van der Waals surface area contributed by atoms with E-state index < -0.39 is 0 Å². The minimum absolute atomic E-state index is 0.164. The molecular weight excluding hydrogens is 715 g/mol. The van der Waals surface area contributed by atoms with Gasteiger partial charge in [0.15, 0.2) is 0 Å². The summed E-state index contributed by atoms with van der Waals surface area (Å²) in [4.78, 5) is 2.49. The van der Waals surface area contributed by atoms with Crippen LogP contribution in [0.5, 0.6) is 0 Å². The average molecular weight is 754 g/mol. The van der Waals surface area contributed by atoms with Crippen molar-refractivity contribution in [3.63, 3.8) is 0 Å². The molecule has 0 saturated carbocycles. The Bertz CT molecular complexity index is 3490. The monoisotopic (exact) mass is 753 g/mol. The lowest BCUT2D eigenvalue weighted by Crippen LogP contribution is -2.17. The molecule has 0 aliphatic heterocycles. The molecule has 0 saturated heterocycles. The number of hydrogen-bond acceptors (Lipinski definition) is 2. The molecule has 12 rings (SSSR count). The number of fused-ring (bicyclic) bond motifs is 10. The maximum Gasteiger partial charge on any atom is 0.136 e. The van der Waals surface area contributed by atoms with E-state index in [1.165, 1.54) is 71.3 Å². The second-order valence-electron chi connectivity index (χ2n) is 16.4. The van der Waals surface area contributed by atoms with Crippen LogP contribution < -0.4 is 4.90 Å². The van der Waals surface area contributed by atoms with Crippen LogP contribution in [0.25, 0.3) is 87.6 Å². The Balaban J connectivity index is 1.17. The molecule has 59 heavy (non-hydrogen) atoms. The van der Waals surface area contributed by atoms with Crippen molar-refractivity contribution in [3.8, 4) is 33.4 Å². The van der Waals surface area contributed by atoms with Crippen molar-refractivity contribution in [2.75, 3.05) is 4.90 Å². The first-order valence-electron chi connectivity index (χ1n) is 20.5. The van der Waals surface area contributed by atoms with Crippen molar-refractivity contribution < 1.29 is 4.42 Å². The van der Waals surface area contributed by atoms with Gasteiger partial charge in [-0.25, -0.2) is 0 Å². The van der Waals surface area contributed by atoms with E-state index in [2.05, 4.69) is 219 Å². The maximum atomic E-state index is 6.63. The molecule has 2 heteroatoms. The van der Waals surface area contributed by atoms with Crippen LogP contribution in [-0.2, 0) is 5.41 Å². The lowest BCUT2D eigenvalue weighted by molar-refractivity contribution is 0.660. The van der Waals surface area contributed by atoms with Crippen LogP contribution in [0.1, 0.15) is 25.0 Å². The second kappa shape index (κ2) is 12.8. The van der Waals surface area contributed by atoms with Crippen molar-refractivity contribution in [2.45, 2.75) is 19.3 Å². The molecule has 0 atom stereocenters. The highest BCUT2D eigenvalue weighted by molar-refractivity contribution is 6.19. The SMILES string of the molecule is CC1(C)c2ccccc2-c2ccc(N(c3cccc(-c4cc5ccccc5c5ccccc45)c3)c3ccc4oc5ccccc5c4c3-c3cccc4ccccc34)cc21. The van der Waals surface area contributed by atoms with E-state index in [4.69, 9.17) is 4.42 Å². The van der Waals surface area contributed by atoms with Gasteiger partial charge in [-0.05, 0) is 120 Å². The van der Waals surface area contributed by atoms with E-state index in [1.54, 1.807) is 0 Å². The molecule has 0 spiro atoms. The van der Waals surface area contributed by atoms with Gasteiger partial charge in [0.2, 0.25) is 0 Å². The largest absolute Gasteiger partial charge is 0.456 e. The Morgan fingerprint density at radius 2 is 1.03 bits per heavy atom. The standard InChI is InChI=1S/C57H39NO/c1-57(2)50-27-11-9-24-45(50)46-30-29-40(35-51(46)57)58(39-19-13-18-37(33-39)49-34-38-16-4-6-21-42(38)43-22-7-8-23-44(43)49)52-31-32-54-56(48-25-10-12-28-53(48)59-54)55(52)47-26-14-17-36-15-3-5-20-41(36)47/h3-35H,1-2H3. The summed E-state index contributed by atoms with van der Waals surface area (Å²) in [6, 6.07) is 73.3. The molecule has 11 aromatic rings. The summed E-state index contributed by atoms with van der Waals surface area (Å²) in [6.45, 7) is 4.73. The Morgan fingerprint density at radius 3 is 1.92 bits per heavy atom. The van der Waals surface area contributed by atoms with Crippen LogP contribution in [0, 0.1) is 0 Å². The summed E-state index contributed by atoms with van der Waals surface area (Å²) in [5, 5.41) is 9.64. The molecule has 0 unspecified atom stereocenters. The lowest BCUT2D eigenvalue weighted by atomic mass is 9.82. The van der Waals surface area contributed by atoms with Gasteiger partial charge in [0, 0.05) is 33.1 Å². The highest BCUT2D eigenvalue weighted by Gasteiger charge is 2.36. The van der Waals surface area contributed by atoms with Crippen LogP contribution in [-0.4, -0.2) is 0 Å². The molecular formula is C57H39NO. The number of rotatable bonds is 5. The Morgan fingerprint density at radius 1 is 0.390 bits per heavy atom. The van der Waals surface area contributed by atoms with Gasteiger partial charge in [0.25, 0.3) is 0 Å². The van der Waals surface area contributed by atoms with Crippen molar-refractivity contribution in [1.29, 1.82) is 0 Å². The van der Waals surface area contributed by atoms with Crippen LogP contribution >= 0.6 is 0 Å². The number of furan rings is 1. The molecule has 278 valence electrons. The van der Waals surface area contributed by atoms with Gasteiger partial charge in [0.1, 0.15) is 11.2 Å². The summed E-state index contributed by atoms with van der Waals surface area (Å²) in [5.41, 5.74) is 14.9. The highest BCUT2D eigenvalue weighted by Crippen LogP contribution is 2.53. The Hall–Kier alpha value is -7.42. The fourth-order valence-electron chi connectivity index (χ4n) is 10.1. The zero-order valence-electron chi connectivity index (χ0n) is 32.9. The number of para-hydroxylation sites is 1. The fraction of sp³-hybridized carbons (Fsp3) is 0.0526. The predicted molar refractivity (Wildman–Crippen MR) is 249 cm³/mol. The smallest absolute Gasteiger partial charge is 0.136 e. The zero-order chi connectivity index (χ0) is 39.2. The highest BCUT2D eigenvalue weighted by atomic mass is 16.3. The first-order chi connectivity index (χ1) is 29.0. The van der Waals surface area contributed by atoms with E-state index in [9.17, 15) is 0 Å². The van der Waals surface area contributed by atoms with Gasteiger partial charge in [0.05, 0.1) is 5.69 Å². The molecule has 1 aromatic heterocycles. The van der Waals surface area contributed by atoms with Crippen LogP contribution in [0.2, 0.25) is 0 Å². The molecule has 1 aliphatic carbocycles. The predicted octanol–water partition coefficient (Wildman–Crippen LogP) is 16.2. The van der Waals surface area contributed by atoms with Crippen molar-refractivity contribution in [3.05, 3.63) is 211 Å².